The molecule has 2 heterocycles. The van der Waals surface area contributed by atoms with E-state index in [1.54, 1.807) is 4.90 Å². The Morgan fingerprint density at radius 3 is 3.05 bits per heavy atom. The molecule has 2 rings (SSSR count). The van der Waals surface area contributed by atoms with Gasteiger partial charge < -0.3 is 21.1 Å². The third-order valence-electron chi connectivity index (χ3n) is 3.58. The van der Waals surface area contributed by atoms with Crippen LogP contribution in [0.15, 0.2) is 0 Å². The number of thiazole rings is 1. The van der Waals surface area contributed by atoms with Gasteiger partial charge in [0.15, 0.2) is 5.13 Å². The van der Waals surface area contributed by atoms with Gasteiger partial charge in [0.1, 0.15) is 10.7 Å². The maximum atomic E-state index is 12.4. The zero-order valence-corrected chi connectivity index (χ0v) is 12.7. The fraction of sp³-hybridized carbons (Fsp3) is 0.692. The molecule has 2 atom stereocenters. The molecule has 20 heavy (non-hydrogen) atoms. The molecular weight excluding hydrogens is 276 g/mol. The summed E-state index contributed by atoms with van der Waals surface area (Å²) in [6.45, 7) is 5.90. The lowest BCUT2D eigenvalue weighted by molar-refractivity contribution is 0.0252. The first kappa shape index (κ1) is 15.1. The number of nitrogens with zero attached hydrogens (tertiary/aromatic N) is 2. The van der Waals surface area contributed by atoms with Crippen LogP contribution in [0.3, 0.4) is 0 Å². The Morgan fingerprint density at radius 2 is 2.40 bits per heavy atom. The number of aliphatic hydroxyl groups excluding tert-OH is 1. The zero-order chi connectivity index (χ0) is 14.7. The van der Waals surface area contributed by atoms with Gasteiger partial charge in [-0.3, -0.25) is 4.79 Å². The Morgan fingerprint density at radius 1 is 1.65 bits per heavy atom. The Hall–Kier alpha value is -1.34. The third kappa shape index (κ3) is 3.21. The lowest BCUT2D eigenvalue weighted by atomic mass is 9.96. The molecule has 1 saturated heterocycles. The minimum atomic E-state index is -0.459. The molecule has 1 aromatic rings. The van der Waals surface area contributed by atoms with Crippen molar-refractivity contribution in [3.63, 3.8) is 0 Å². The summed E-state index contributed by atoms with van der Waals surface area (Å²) >= 11 is 1.28. The standard InChI is InChI=1S/C13H22N4O2S/c1-3-5-15-13-16-11(14)10(20-13)12(19)17-6-4-8(2)9(18)7-17/h8-9,18H,3-7,14H2,1-2H3,(H,15,16). The van der Waals surface area contributed by atoms with E-state index in [9.17, 15) is 9.90 Å². The molecule has 4 N–H and O–H groups in total. The summed E-state index contributed by atoms with van der Waals surface area (Å²) in [7, 11) is 0. The second-order valence-corrected chi connectivity index (χ2v) is 6.24. The largest absolute Gasteiger partial charge is 0.391 e. The number of rotatable bonds is 4. The monoisotopic (exact) mass is 298 g/mol. The number of hydrogen-bond acceptors (Lipinski definition) is 6. The molecule has 0 saturated carbocycles. The number of piperidine rings is 1. The molecule has 1 fully saturated rings. The summed E-state index contributed by atoms with van der Waals surface area (Å²) in [5.74, 6) is 0.377. The van der Waals surface area contributed by atoms with Crippen LogP contribution in [-0.4, -0.2) is 46.6 Å². The third-order valence-corrected chi connectivity index (χ3v) is 4.60. The number of amides is 1. The van der Waals surface area contributed by atoms with Gasteiger partial charge in [-0.2, -0.15) is 0 Å². The molecule has 1 aromatic heterocycles. The molecule has 6 nitrogen and oxygen atoms in total. The quantitative estimate of drug-likeness (QED) is 0.781. The number of β-amino-alcohol motifs (C(OH)–C–C–N with tert-alkyl or cyclic N) is 1. The maximum absolute atomic E-state index is 12.4. The minimum Gasteiger partial charge on any atom is -0.391 e. The van der Waals surface area contributed by atoms with Crippen LogP contribution in [0.5, 0.6) is 0 Å². The number of aromatic nitrogens is 1. The SMILES string of the molecule is CCCNc1nc(N)c(C(=O)N2CCC(C)C(O)C2)s1. The molecule has 1 aliphatic heterocycles. The van der Waals surface area contributed by atoms with Crippen molar-refractivity contribution >= 4 is 28.2 Å². The van der Waals surface area contributed by atoms with E-state index >= 15 is 0 Å². The van der Waals surface area contributed by atoms with Gasteiger partial charge in [-0.15, -0.1) is 0 Å². The van der Waals surface area contributed by atoms with E-state index in [0.717, 1.165) is 19.4 Å². The molecule has 0 aromatic carbocycles. The number of anilines is 2. The predicted octanol–water partition coefficient (Wildman–Crippen LogP) is 1.39. The first-order chi connectivity index (χ1) is 9.52. The van der Waals surface area contributed by atoms with Crippen molar-refractivity contribution in [2.75, 3.05) is 30.7 Å². The normalized spacial score (nSPS) is 22.9. The number of nitrogens with one attached hydrogen (secondary N) is 1. The van der Waals surface area contributed by atoms with Crippen molar-refractivity contribution in [3.8, 4) is 0 Å². The van der Waals surface area contributed by atoms with Crippen molar-refractivity contribution in [3.05, 3.63) is 4.88 Å². The van der Waals surface area contributed by atoms with E-state index in [2.05, 4.69) is 17.2 Å². The van der Waals surface area contributed by atoms with E-state index in [0.29, 0.717) is 23.1 Å². The Labute approximate surface area is 123 Å². The fourth-order valence-electron chi connectivity index (χ4n) is 2.17. The van der Waals surface area contributed by atoms with Crippen molar-refractivity contribution in [2.45, 2.75) is 32.8 Å². The van der Waals surface area contributed by atoms with Crippen LogP contribution in [0.1, 0.15) is 36.4 Å². The van der Waals surface area contributed by atoms with Crippen LogP contribution in [-0.2, 0) is 0 Å². The number of likely N-dealkylation sites (tertiary alicyclic amines) is 1. The van der Waals surface area contributed by atoms with Gasteiger partial charge in [0.2, 0.25) is 0 Å². The second-order valence-electron chi connectivity index (χ2n) is 5.24. The molecule has 1 aliphatic rings. The first-order valence-corrected chi connectivity index (χ1v) is 7.82. The average molecular weight is 298 g/mol. The summed E-state index contributed by atoms with van der Waals surface area (Å²) in [5, 5.41) is 13.7. The van der Waals surface area contributed by atoms with Gasteiger partial charge >= 0.3 is 0 Å². The van der Waals surface area contributed by atoms with Gasteiger partial charge in [0.25, 0.3) is 5.91 Å². The lowest BCUT2D eigenvalue weighted by Gasteiger charge is -2.34. The molecule has 0 bridgehead atoms. The van der Waals surface area contributed by atoms with Gasteiger partial charge in [0, 0.05) is 19.6 Å². The highest BCUT2D eigenvalue weighted by atomic mass is 32.1. The van der Waals surface area contributed by atoms with Crippen LogP contribution in [0.25, 0.3) is 0 Å². The Kier molecular flexibility index (Phi) is 4.82. The highest BCUT2D eigenvalue weighted by molar-refractivity contribution is 7.18. The van der Waals surface area contributed by atoms with E-state index in [1.165, 1.54) is 11.3 Å². The Bertz CT molecular complexity index is 477. The van der Waals surface area contributed by atoms with E-state index in [-0.39, 0.29) is 17.6 Å². The molecular formula is C13H22N4O2S. The second kappa shape index (κ2) is 6.41. The van der Waals surface area contributed by atoms with Gasteiger partial charge in [-0.1, -0.05) is 25.2 Å². The highest BCUT2D eigenvalue weighted by Crippen LogP contribution is 2.28. The van der Waals surface area contributed by atoms with E-state index in [1.807, 2.05) is 6.92 Å². The first-order valence-electron chi connectivity index (χ1n) is 7.00. The zero-order valence-electron chi connectivity index (χ0n) is 11.9. The number of hydrogen-bond donors (Lipinski definition) is 3. The average Bonchev–Trinajstić information content (AvgIpc) is 2.80. The fourth-order valence-corrected chi connectivity index (χ4v) is 3.05. The van der Waals surface area contributed by atoms with Gasteiger partial charge in [0.05, 0.1) is 6.10 Å². The van der Waals surface area contributed by atoms with Gasteiger partial charge in [-0.05, 0) is 18.8 Å². The number of aliphatic hydroxyl groups is 1. The van der Waals surface area contributed by atoms with Crippen LogP contribution in [0.4, 0.5) is 10.9 Å². The summed E-state index contributed by atoms with van der Waals surface area (Å²) in [5.41, 5.74) is 5.83. The van der Waals surface area contributed by atoms with Gasteiger partial charge in [-0.25, -0.2) is 4.98 Å². The molecule has 0 spiro atoms. The van der Waals surface area contributed by atoms with Crippen LogP contribution >= 0.6 is 11.3 Å². The topological polar surface area (TPSA) is 91.5 Å². The number of nitrogens with two attached hydrogens (primary N) is 1. The molecule has 7 heteroatoms. The van der Waals surface area contributed by atoms with Crippen molar-refractivity contribution in [1.29, 1.82) is 0 Å². The maximum Gasteiger partial charge on any atom is 0.267 e. The van der Waals surface area contributed by atoms with Crippen molar-refractivity contribution in [1.82, 2.24) is 9.88 Å². The summed E-state index contributed by atoms with van der Waals surface area (Å²) in [6, 6.07) is 0. The molecule has 0 radical (unpaired) electrons. The highest BCUT2D eigenvalue weighted by Gasteiger charge is 2.30. The van der Waals surface area contributed by atoms with E-state index in [4.69, 9.17) is 5.73 Å². The summed E-state index contributed by atoms with van der Waals surface area (Å²) in [4.78, 5) is 18.7. The number of nitrogen functional groups attached to an aromatic ring is 1. The lowest BCUT2D eigenvalue weighted by Crippen LogP contribution is -2.45. The number of carbonyl (C=O) groups is 1. The van der Waals surface area contributed by atoms with Crippen LogP contribution in [0.2, 0.25) is 0 Å². The summed E-state index contributed by atoms with van der Waals surface area (Å²) < 4.78 is 0. The van der Waals surface area contributed by atoms with Crippen LogP contribution < -0.4 is 11.1 Å². The molecule has 0 aliphatic carbocycles. The predicted molar refractivity (Wildman–Crippen MR) is 81.0 cm³/mol. The smallest absolute Gasteiger partial charge is 0.267 e. The molecule has 112 valence electrons. The van der Waals surface area contributed by atoms with Crippen molar-refractivity contribution in [2.24, 2.45) is 5.92 Å². The Balaban J connectivity index is 2.07. The van der Waals surface area contributed by atoms with Crippen molar-refractivity contribution < 1.29 is 9.90 Å². The number of carbonyl (C=O) groups excluding carboxylic acids is 1. The summed E-state index contributed by atoms with van der Waals surface area (Å²) in [6.07, 6.45) is 1.34. The van der Waals surface area contributed by atoms with Crippen LogP contribution in [0, 0.1) is 5.92 Å². The molecule has 2 unspecified atom stereocenters. The van der Waals surface area contributed by atoms with E-state index < -0.39 is 6.10 Å². The minimum absolute atomic E-state index is 0.129. The molecule has 1 amide bonds.